The molecule has 1 radical (unpaired) electrons. The molecule has 0 aliphatic heterocycles. The van der Waals surface area contributed by atoms with E-state index in [1.165, 1.54) is 42.1 Å². The fourth-order valence-corrected chi connectivity index (χ4v) is 6.04. The molecule has 5 aromatic rings. The van der Waals surface area contributed by atoms with Crippen molar-refractivity contribution >= 4 is 36.1 Å². The Morgan fingerprint density at radius 1 is 0.406 bits per heavy atom. The Kier molecular flexibility index (Phi) is 6.26. The van der Waals surface area contributed by atoms with E-state index in [1.54, 1.807) is 0 Å². The van der Waals surface area contributed by atoms with Gasteiger partial charge in [-0.3, -0.25) is 0 Å². The Labute approximate surface area is 201 Å². The molecule has 0 unspecified atom stereocenters. The van der Waals surface area contributed by atoms with Crippen LogP contribution in [0.3, 0.4) is 0 Å². The van der Waals surface area contributed by atoms with Crippen molar-refractivity contribution in [3.63, 3.8) is 0 Å². The van der Waals surface area contributed by atoms with Crippen LogP contribution >= 0.6 is 11.6 Å². The predicted octanol–water partition coefficient (Wildman–Crippen LogP) is 7.00. The fourth-order valence-electron chi connectivity index (χ4n) is 3.95. The van der Waals surface area contributed by atoms with E-state index in [2.05, 4.69) is 115 Å². The summed E-state index contributed by atoms with van der Waals surface area (Å²) in [5.74, 6) is 0. The molecule has 0 bridgehead atoms. The molecule has 0 aromatic heterocycles. The molecule has 0 fully saturated rings. The maximum absolute atomic E-state index is 6.09. The number of rotatable bonds is 5. The van der Waals surface area contributed by atoms with Gasteiger partial charge in [0.2, 0.25) is 0 Å². The Morgan fingerprint density at radius 2 is 0.906 bits per heavy atom. The Balaban J connectivity index is 1.67. The van der Waals surface area contributed by atoms with Gasteiger partial charge >= 0.3 is 202 Å². The van der Waals surface area contributed by atoms with Crippen LogP contribution in [-0.2, 0) is 0 Å². The Bertz CT molecular complexity index is 1330. The molecule has 0 N–H and O–H groups in total. The molecule has 0 heterocycles. The van der Waals surface area contributed by atoms with Gasteiger partial charge in [-0.25, -0.2) is 0 Å². The number of benzene rings is 5. The van der Waals surface area contributed by atoms with Crippen molar-refractivity contribution in [3.05, 3.63) is 132 Å². The third-order valence-electron chi connectivity index (χ3n) is 5.47. The van der Waals surface area contributed by atoms with Crippen molar-refractivity contribution in [2.24, 2.45) is 0 Å². The number of halogens is 1. The van der Waals surface area contributed by atoms with E-state index in [1.807, 2.05) is 12.1 Å². The molecular weight excluding hydrogens is 471 g/mol. The minimum absolute atomic E-state index is 0.127. The summed E-state index contributed by atoms with van der Waals surface area (Å²) >= 11 is 5.97. The molecule has 5 aromatic carbocycles. The summed E-state index contributed by atoms with van der Waals surface area (Å²) in [6.07, 6.45) is 0. The van der Waals surface area contributed by atoms with Crippen molar-refractivity contribution < 1.29 is 0 Å². The summed E-state index contributed by atoms with van der Waals surface area (Å²) in [4.78, 5) is 0. The molecule has 153 valence electrons. The molecule has 0 spiro atoms. The van der Waals surface area contributed by atoms with Gasteiger partial charge in [0.15, 0.2) is 0 Å². The van der Waals surface area contributed by atoms with Crippen LogP contribution < -0.4 is 8.70 Å². The first-order valence-electron chi connectivity index (χ1n) is 10.6. The first kappa shape index (κ1) is 20.8. The Morgan fingerprint density at radius 3 is 1.53 bits per heavy atom. The van der Waals surface area contributed by atoms with Gasteiger partial charge in [-0.05, 0) is 0 Å². The van der Waals surface area contributed by atoms with E-state index in [4.69, 9.17) is 11.6 Å². The summed E-state index contributed by atoms with van der Waals surface area (Å²) < 4.78 is 2.72. The third-order valence-corrected chi connectivity index (χ3v) is 8.02. The maximum atomic E-state index is 6.09. The molecule has 0 atom stereocenters. The summed E-state index contributed by atoms with van der Waals surface area (Å²) in [7, 11) is 0. The van der Waals surface area contributed by atoms with Gasteiger partial charge in [0.05, 0.1) is 0 Å². The van der Waals surface area contributed by atoms with Crippen LogP contribution in [0.4, 0.5) is 0 Å². The average molecular weight is 492 g/mol. The third kappa shape index (κ3) is 4.58. The summed E-state index contributed by atoms with van der Waals surface area (Å²) in [5, 5.41) is 0.784. The first-order chi connectivity index (χ1) is 15.8. The zero-order valence-corrected chi connectivity index (χ0v) is 20.1. The average Bonchev–Trinajstić information content (AvgIpc) is 2.86. The molecule has 0 amide bonds. The summed E-state index contributed by atoms with van der Waals surface area (Å²) in [6, 6.07) is 45.2. The summed E-state index contributed by atoms with van der Waals surface area (Å²) in [5.41, 5.74) is 7.52. The van der Waals surface area contributed by atoms with Gasteiger partial charge in [-0.1, -0.05) is 0 Å². The van der Waals surface area contributed by atoms with Crippen molar-refractivity contribution in [1.82, 2.24) is 0 Å². The second-order valence-electron chi connectivity index (χ2n) is 7.60. The standard InChI is InChI=1S/C30H21AsCl/c32-26-18-15-24(16-19-26)31-25-17-20-28(23-11-5-2-6-12-23)30(21-25)29-14-8-7-13-27(29)22-9-3-1-4-10-22/h1-21H. The SMILES string of the molecule is Clc1ccc([As]c2ccc(-c3ccccc3)c(-c3ccccc3-c3ccccc3)c2)cc1. The van der Waals surface area contributed by atoms with Crippen molar-refractivity contribution in [1.29, 1.82) is 0 Å². The minimum atomic E-state index is -0.127. The molecule has 0 nitrogen and oxygen atoms in total. The molecule has 32 heavy (non-hydrogen) atoms. The predicted molar refractivity (Wildman–Crippen MR) is 139 cm³/mol. The van der Waals surface area contributed by atoms with Crippen LogP contribution in [0.15, 0.2) is 127 Å². The van der Waals surface area contributed by atoms with Crippen molar-refractivity contribution in [2.75, 3.05) is 0 Å². The molecule has 2 heteroatoms. The van der Waals surface area contributed by atoms with Gasteiger partial charge in [0, 0.05) is 0 Å². The summed E-state index contributed by atoms with van der Waals surface area (Å²) in [6.45, 7) is 0. The van der Waals surface area contributed by atoms with E-state index in [0.717, 1.165) is 5.02 Å². The van der Waals surface area contributed by atoms with Crippen molar-refractivity contribution in [3.8, 4) is 33.4 Å². The quantitative estimate of drug-likeness (QED) is 0.232. The van der Waals surface area contributed by atoms with E-state index in [0.29, 0.717) is 0 Å². The van der Waals surface area contributed by atoms with Gasteiger partial charge in [0.1, 0.15) is 0 Å². The van der Waals surface area contributed by atoms with Crippen LogP contribution in [0.1, 0.15) is 0 Å². The van der Waals surface area contributed by atoms with Gasteiger partial charge in [-0.2, -0.15) is 0 Å². The van der Waals surface area contributed by atoms with Gasteiger partial charge in [-0.15, -0.1) is 0 Å². The van der Waals surface area contributed by atoms with Crippen LogP contribution in [-0.4, -0.2) is 15.8 Å². The molecule has 0 aliphatic carbocycles. The van der Waals surface area contributed by atoms with E-state index >= 15 is 0 Å². The van der Waals surface area contributed by atoms with Crippen LogP contribution in [0, 0.1) is 0 Å². The van der Waals surface area contributed by atoms with E-state index in [-0.39, 0.29) is 15.8 Å². The Hall–Kier alpha value is -3.05. The van der Waals surface area contributed by atoms with Crippen LogP contribution in [0.2, 0.25) is 5.02 Å². The molecule has 0 saturated heterocycles. The topological polar surface area (TPSA) is 0 Å². The molecular formula is C30H21AsCl. The zero-order chi connectivity index (χ0) is 21.8. The number of hydrogen-bond donors (Lipinski definition) is 0. The fraction of sp³-hybridized carbons (Fsp3) is 0. The number of hydrogen-bond acceptors (Lipinski definition) is 0. The second-order valence-corrected chi connectivity index (χ2v) is 10.7. The molecule has 0 saturated carbocycles. The van der Waals surface area contributed by atoms with Crippen LogP contribution in [0.5, 0.6) is 0 Å². The van der Waals surface area contributed by atoms with Gasteiger partial charge < -0.3 is 0 Å². The van der Waals surface area contributed by atoms with E-state index < -0.39 is 0 Å². The first-order valence-corrected chi connectivity index (χ1v) is 12.8. The second kappa shape index (κ2) is 9.61. The van der Waals surface area contributed by atoms with Crippen LogP contribution in [0.25, 0.3) is 33.4 Å². The van der Waals surface area contributed by atoms with Crippen molar-refractivity contribution in [2.45, 2.75) is 0 Å². The van der Waals surface area contributed by atoms with Gasteiger partial charge in [0.25, 0.3) is 0 Å². The molecule has 5 rings (SSSR count). The monoisotopic (exact) mass is 491 g/mol. The molecule has 0 aliphatic rings. The normalized spacial score (nSPS) is 11.2. The zero-order valence-electron chi connectivity index (χ0n) is 17.4. The van der Waals surface area contributed by atoms with E-state index in [9.17, 15) is 0 Å².